The molecule has 0 unspecified atom stereocenters. The van der Waals surface area contributed by atoms with Crippen LogP contribution in [0.5, 0.6) is 0 Å². The van der Waals surface area contributed by atoms with Crippen molar-refractivity contribution < 1.29 is 48.8 Å². The molecule has 0 aromatic rings. The van der Waals surface area contributed by atoms with Gasteiger partial charge in [0.05, 0.1) is 15.9 Å². The van der Waals surface area contributed by atoms with E-state index < -0.39 is 46.2 Å². The molecule has 1 heterocycles. The van der Waals surface area contributed by atoms with Crippen molar-refractivity contribution in [3.8, 4) is 0 Å². The van der Waals surface area contributed by atoms with Crippen LogP contribution in [0.15, 0.2) is 0 Å². The van der Waals surface area contributed by atoms with Crippen LogP contribution in [-0.2, 0) is 19.6 Å². The lowest BCUT2D eigenvalue weighted by Gasteiger charge is -2.37. The minimum Gasteiger partial charge on any atom is -0.748 e. The summed E-state index contributed by atoms with van der Waals surface area (Å²) in [6.45, 7) is 1.69. The van der Waals surface area contributed by atoms with Crippen molar-refractivity contribution in [1.29, 1.82) is 0 Å². The third-order valence-corrected chi connectivity index (χ3v) is 4.65. The highest BCUT2D eigenvalue weighted by Crippen LogP contribution is 2.47. The summed E-state index contributed by atoms with van der Waals surface area (Å²) in [6, 6.07) is 0. The number of piperidine rings is 1. The molecular weight excluding hydrogens is 396 g/mol. The van der Waals surface area contributed by atoms with E-state index in [1.165, 1.54) is 0 Å². The number of carbonyl (C=O) groups excluding carboxylic acids is 1. The number of likely N-dealkylation sites (tertiary alicyclic amines) is 1. The van der Waals surface area contributed by atoms with E-state index in [0.717, 1.165) is 19.3 Å². The lowest BCUT2D eigenvalue weighted by atomic mass is 10.1. The van der Waals surface area contributed by atoms with Crippen LogP contribution < -0.4 is 0 Å². The van der Waals surface area contributed by atoms with Crippen LogP contribution in [-0.4, -0.2) is 67.2 Å². The van der Waals surface area contributed by atoms with Gasteiger partial charge < -0.3 is 14.2 Å². The number of rotatable bonds is 7. The zero-order valence-corrected chi connectivity index (χ0v) is 14.3. The first-order chi connectivity index (χ1) is 11.7. The van der Waals surface area contributed by atoms with Crippen LogP contribution in [0.3, 0.4) is 0 Å². The van der Waals surface area contributed by atoms with Gasteiger partial charge in [0.2, 0.25) is 0 Å². The maximum absolute atomic E-state index is 13.0. The van der Waals surface area contributed by atoms with Crippen LogP contribution in [0.25, 0.3) is 0 Å². The second-order valence-corrected chi connectivity index (χ2v) is 7.41. The van der Waals surface area contributed by atoms with Crippen molar-refractivity contribution >= 4 is 16.1 Å². The number of nitrogens with zero attached hydrogens (tertiary/aromatic N) is 1. The molecule has 0 aromatic carbocycles. The third-order valence-electron chi connectivity index (χ3n) is 3.89. The quantitative estimate of drug-likeness (QED) is 0.361. The van der Waals surface area contributed by atoms with Crippen molar-refractivity contribution in [3.63, 3.8) is 0 Å². The number of hydrogen-bond acceptors (Lipinski definition) is 6. The van der Waals surface area contributed by atoms with Gasteiger partial charge in [0.15, 0.2) is 0 Å². The van der Waals surface area contributed by atoms with Gasteiger partial charge in [0.25, 0.3) is 0 Å². The molecule has 1 fully saturated rings. The summed E-state index contributed by atoms with van der Waals surface area (Å²) in [7, 11) is -6.01. The zero-order valence-electron chi connectivity index (χ0n) is 13.5. The van der Waals surface area contributed by atoms with Crippen molar-refractivity contribution in [3.05, 3.63) is 0 Å². The summed E-state index contributed by atoms with van der Waals surface area (Å²) >= 11 is 0. The van der Waals surface area contributed by atoms with Gasteiger partial charge in [-0.2, -0.15) is 26.3 Å². The first-order valence-electron chi connectivity index (χ1n) is 7.69. The average Bonchev–Trinajstić information content (AvgIpc) is 2.44. The second-order valence-electron chi connectivity index (χ2n) is 6.00. The van der Waals surface area contributed by atoms with Crippen molar-refractivity contribution in [1.82, 2.24) is 4.90 Å². The third kappa shape index (κ3) is 6.27. The molecule has 1 rings (SSSR count). The van der Waals surface area contributed by atoms with E-state index in [0.29, 0.717) is 13.1 Å². The van der Waals surface area contributed by atoms with Crippen molar-refractivity contribution in [2.24, 2.45) is 0 Å². The van der Waals surface area contributed by atoms with Gasteiger partial charge >= 0.3 is 23.9 Å². The van der Waals surface area contributed by atoms with Crippen LogP contribution in [0.2, 0.25) is 0 Å². The lowest BCUT2D eigenvalue weighted by Crippen LogP contribution is -2.63. The number of esters is 1. The Kier molecular flexibility index (Phi) is 7.33. The highest BCUT2D eigenvalue weighted by molar-refractivity contribution is 7.85. The van der Waals surface area contributed by atoms with Crippen LogP contribution in [0.4, 0.5) is 26.3 Å². The molecule has 0 aliphatic carbocycles. The van der Waals surface area contributed by atoms with E-state index >= 15 is 0 Å². The van der Waals surface area contributed by atoms with E-state index in [9.17, 15) is 44.1 Å². The van der Waals surface area contributed by atoms with Crippen LogP contribution in [0, 0.1) is 0 Å². The fourth-order valence-electron chi connectivity index (χ4n) is 2.59. The Bertz CT molecular complexity index is 569. The fraction of sp³-hybridized carbons (Fsp3) is 0.923. The molecule has 0 aromatic heterocycles. The normalized spacial score (nSPS) is 18.0. The fourth-order valence-corrected chi connectivity index (χ4v) is 3.48. The van der Waals surface area contributed by atoms with Gasteiger partial charge in [-0.25, -0.2) is 8.42 Å². The summed E-state index contributed by atoms with van der Waals surface area (Å²) in [4.78, 5) is 13.4. The van der Waals surface area contributed by atoms with Crippen LogP contribution in [0.1, 0.15) is 32.1 Å². The van der Waals surface area contributed by atoms with Gasteiger partial charge in [-0.05, 0) is 38.9 Å². The molecule has 13 heteroatoms. The molecular formula is C13H18F6NO5S-. The monoisotopic (exact) mass is 414 g/mol. The van der Waals surface area contributed by atoms with E-state index in [4.69, 9.17) is 0 Å². The Morgan fingerprint density at radius 1 is 1.00 bits per heavy atom. The number of hydrogen-bond donors (Lipinski definition) is 0. The van der Waals surface area contributed by atoms with E-state index in [1.807, 2.05) is 4.90 Å². The smallest absolute Gasteiger partial charge is 0.438 e. The van der Waals surface area contributed by atoms with Gasteiger partial charge in [-0.1, -0.05) is 6.42 Å². The van der Waals surface area contributed by atoms with E-state index in [1.54, 1.807) is 0 Å². The molecule has 0 saturated carbocycles. The number of alkyl halides is 6. The van der Waals surface area contributed by atoms with Gasteiger partial charge in [-0.15, -0.1) is 0 Å². The van der Waals surface area contributed by atoms with E-state index in [-0.39, 0.29) is 13.0 Å². The highest BCUT2D eigenvalue weighted by atomic mass is 32.2. The molecule has 0 bridgehead atoms. The lowest BCUT2D eigenvalue weighted by molar-refractivity contribution is -0.361. The molecule has 0 spiro atoms. The molecule has 0 atom stereocenters. The molecule has 6 nitrogen and oxygen atoms in total. The highest BCUT2D eigenvalue weighted by Gasteiger charge is 2.75. The molecule has 0 radical (unpaired) electrons. The molecule has 154 valence electrons. The predicted octanol–water partition coefficient (Wildman–Crippen LogP) is 2.20. The summed E-state index contributed by atoms with van der Waals surface area (Å²) in [5, 5.41) is 0. The summed E-state index contributed by atoms with van der Waals surface area (Å²) < 4.78 is 113. The zero-order chi connectivity index (χ0) is 20.2. The number of carbonyl (C=O) groups is 1. The summed E-state index contributed by atoms with van der Waals surface area (Å²) in [5.41, 5.74) is -5.39. The first-order valence-corrected chi connectivity index (χ1v) is 9.27. The Morgan fingerprint density at radius 2 is 1.50 bits per heavy atom. The first kappa shape index (κ1) is 23.0. The minimum absolute atomic E-state index is 0.0608. The standard InChI is InChI=1S/C13H19F6NO5S/c14-12(15,16)11(13(17,18)19,9-26(22,23)24)25-10(21)5-4-8-20-6-2-1-3-7-20/h1-9H2,(H,22,23,24)/p-1. The van der Waals surface area contributed by atoms with Crippen molar-refractivity contribution in [2.45, 2.75) is 50.1 Å². The van der Waals surface area contributed by atoms with E-state index in [2.05, 4.69) is 4.74 Å². The SMILES string of the molecule is O=C(CCCN1CCCCC1)OC(CS(=O)(=O)[O-])(C(F)(F)F)C(F)(F)F. The molecule has 26 heavy (non-hydrogen) atoms. The Hall–Kier alpha value is -1.08. The summed E-state index contributed by atoms with van der Waals surface area (Å²) in [6.07, 6.45) is -10.7. The van der Waals surface area contributed by atoms with Crippen molar-refractivity contribution in [2.75, 3.05) is 25.4 Å². The largest absolute Gasteiger partial charge is 0.748 e. The average molecular weight is 414 g/mol. The molecule has 0 N–H and O–H groups in total. The molecule has 1 aliphatic heterocycles. The maximum atomic E-state index is 13.0. The summed E-state index contributed by atoms with van der Waals surface area (Å²) in [5.74, 6) is -4.84. The predicted molar refractivity (Wildman–Crippen MR) is 75.0 cm³/mol. The number of ether oxygens (including phenoxy) is 1. The second kappa shape index (κ2) is 8.30. The Balaban J connectivity index is 2.85. The molecule has 0 amide bonds. The van der Waals surface area contributed by atoms with Gasteiger partial charge in [-0.3, -0.25) is 4.79 Å². The minimum atomic E-state index is -6.33. The molecule has 1 saturated heterocycles. The molecule has 1 aliphatic rings. The van der Waals surface area contributed by atoms with Crippen LogP contribution >= 0.6 is 0 Å². The topological polar surface area (TPSA) is 86.7 Å². The number of halogens is 6. The van der Waals surface area contributed by atoms with Gasteiger partial charge in [0, 0.05) is 6.42 Å². The Labute approximate surface area is 146 Å². The Morgan fingerprint density at radius 3 is 1.92 bits per heavy atom. The van der Waals surface area contributed by atoms with Gasteiger partial charge in [0.1, 0.15) is 0 Å². The maximum Gasteiger partial charge on any atom is 0.438 e.